The Morgan fingerprint density at radius 3 is 1.69 bits per heavy atom. The minimum absolute atomic E-state index is 0.0212. The highest BCUT2D eigenvalue weighted by Crippen LogP contribution is 2.69. The first-order valence-electron chi connectivity index (χ1n) is 11.6. The molecule has 0 unspecified atom stereocenters. The fourth-order valence-electron chi connectivity index (χ4n) is 6.42. The van der Waals surface area contributed by atoms with E-state index in [0.29, 0.717) is 13.2 Å². The van der Waals surface area contributed by atoms with Crippen LogP contribution in [0, 0.1) is 27.7 Å². The summed E-state index contributed by atoms with van der Waals surface area (Å²) in [6.07, 6.45) is 1.81. The summed E-state index contributed by atoms with van der Waals surface area (Å²) in [6.45, 7) is 20.0. The van der Waals surface area contributed by atoms with Crippen molar-refractivity contribution in [3.63, 3.8) is 0 Å². The average Bonchev–Trinajstić information content (AvgIpc) is 3.10. The van der Waals surface area contributed by atoms with Crippen LogP contribution in [0.3, 0.4) is 0 Å². The van der Waals surface area contributed by atoms with Crippen molar-refractivity contribution in [3.05, 3.63) is 40.5 Å². The van der Waals surface area contributed by atoms with Crippen molar-refractivity contribution in [3.8, 4) is 11.1 Å². The van der Waals surface area contributed by atoms with Gasteiger partial charge in [0.05, 0.1) is 13.2 Å². The van der Waals surface area contributed by atoms with Crippen molar-refractivity contribution in [2.24, 2.45) is 0 Å². The molecule has 2 saturated heterocycles. The zero-order chi connectivity index (χ0) is 23.6. The molecule has 0 amide bonds. The number of rotatable bonds is 2. The fraction of sp³-hybridized carbons (Fsp3) is 0.556. The summed E-state index contributed by atoms with van der Waals surface area (Å²) in [5.74, 6) is -0.459. The number of anilines is 2. The smallest absolute Gasteiger partial charge is 0.170 e. The number of hydrogen-bond donors (Lipinski definition) is 2. The Balaban J connectivity index is 2.04. The topological polar surface area (TPSA) is 70.5 Å². The second kappa shape index (κ2) is 7.72. The molecular weight excluding hydrogens is 415 g/mol. The van der Waals surface area contributed by atoms with Crippen LogP contribution in [0.2, 0.25) is 0 Å². The van der Waals surface area contributed by atoms with Gasteiger partial charge < -0.3 is 20.9 Å². The standard InChI is InChI=1S/C27H39N2O2P/c1-16-17(2)19(4)24(22(18(16)3)23-20(28)10-9-11-21(23)29)32-25(5,6)14-27(15-26(32,7)8)30-12-13-31-27/h9-11H,12-15,28-29H2,1-8H3. The maximum absolute atomic E-state index is 6.58. The molecule has 0 aliphatic carbocycles. The summed E-state index contributed by atoms with van der Waals surface area (Å²) in [6, 6.07) is 5.88. The lowest BCUT2D eigenvalue weighted by Crippen LogP contribution is -2.53. The number of nitrogens with two attached hydrogens (primary N) is 2. The SMILES string of the molecule is Cc1c(C)c(C)c(P2C(C)(C)CC3(CC2(C)C)OCCO3)c(-c2c(N)cccc2N)c1C. The van der Waals surface area contributed by atoms with Gasteiger partial charge in [0.15, 0.2) is 5.79 Å². The van der Waals surface area contributed by atoms with Gasteiger partial charge in [-0.25, -0.2) is 0 Å². The molecule has 0 aromatic heterocycles. The Morgan fingerprint density at radius 2 is 1.19 bits per heavy atom. The maximum atomic E-state index is 6.58. The summed E-state index contributed by atoms with van der Waals surface area (Å²) < 4.78 is 12.5. The molecule has 4 N–H and O–H groups in total. The van der Waals surface area contributed by atoms with Gasteiger partial charge >= 0.3 is 0 Å². The third kappa shape index (κ3) is 3.56. The second-order valence-electron chi connectivity index (χ2n) is 11.0. The average molecular weight is 455 g/mol. The first-order valence-corrected chi connectivity index (χ1v) is 13.0. The lowest BCUT2D eigenvalue weighted by atomic mass is 9.89. The van der Waals surface area contributed by atoms with Crippen molar-refractivity contribution in [2.75, 3.05) is 24.7 Å². The number of ether oxygens (including phenoxy) is 2. The highest BCUT2D eigenvalue weighted by atomic mass is 31.1. The van der Waals surface area contributed by atoms with E-state index >= 15 is 0 Å². The molecule has 4 nitrogen and oxygen atoms in total. The Bertz CT molecular complexity index is 1030. The zero-order valence-corrected chi connectivity index (χ0v) is 21.9. The molecule has 2 aliphatic heterocycles. The Hall–Kier alpha value is -1.61. The van der Waals surface area contributed by atoms with E-state index in [1.165, 1.54) is 33.1 Å². The van der Waals surface area contributed by atoms with Crippen LogP contribution in [-0.4, -0.2) is 29.3 Å². The summed E-state index contributed by atoms with van der Waals surface area (Å²) >= 11 is 0. The summed E-state index contributed by atoms with van der Waals surface area (Å²) in [4.78, 5) is 0. The molecule has 0 saturated carbocycles. The van der Waals surface area contributed by atoms with Crippen molar-refractivity contribution in [2.45, 2.75) is 84.3 Å². The minimum atomic E-state index is -0.601. The van der Waals surface area contributed by atoms with Gasteiger partial charge in [-0.1, -0.05) is 41.7 Å². The van der Waals surface area contributed by atoms with E-state index in [1.54, 1.807) is 0 Å². The van der Waals surface area contributed by atoms with Crippen LogP contribution in [0.4, 0.5) is 11.4 Å². The van der Waals surface area contributed by atoms with Gasteiger partial charge in [0.1, 0.15) is 0 Å². The highest BCUT2D eigenvalue weighted by Gasteiger charge is 2.57. The molecule has 174 valence electrons. The van der Waals surface area contributed by atoms with Crippen molar-refractivity contribution in [1.82, 2.24) is 0 Å². The summed E-state index contributed by atoms with van der Waals surface area (Å²) in [5.41, 5.74) is 22.3. The largest absolute Gasteiger partial charge is 0.398 e. The highest BCUT2D eigenvalue weighted by molar-refractivity contribution is 7.69. The molecule has 0 bridgehead atoms. The fourth-order valence-corrected chi connectivity index (χ4v) is 11.1. The maximum Gasteiger partial charge on any atom is 0.170 e. The molecule has 2 aliphatic rings. The zero-order valence-electron chi connectivity index (χ0n) is 21.0. The monoisotopic (exact) mass is 454 g/mol. The van der Waals surface area contributed by atoms with Crippen LogP contribution in [0.25, 0.3) is 11.1 Å². The van der Waals surface area contributed by atoms with Crippen molar-refractivity contribution < 1.29 is 9.47 Å². The number of nitrogen functional groups attached to an aromatic ring is 2. The molecule has 2 fully saturated rings. The summed E-state index contributed by atoms with van der Waals surface area (Å²) in [5, 5.41) is 1.49. The predicted molar refractivity (Wildman–Crippen MR) is 138 cm³/mol. The van der Waals surface area contributed by atoms with Crippen LogP contribution in [-0.2, 0) is 9.47 Å². The number of hydrogen-bond acceptors (Lipinski definition) is 4. The molecule has 1 spiro atoms. The van der Waals surface area contributed by atoms with Crippen LogP contribution < -0.4 is 16.8 Å². The van der Waals surface area contributed by atoms with Crippen LogP contribution >= 0.6 is 7.92 Å². The van der Waals surface area contributed by atoms with E-state index in [-0.39, 0.29) is 10.3 Å². The van der Waals surface area contributed by atoms with Gasteiger partial charge in [-0.05, 0) is 83.3 Å². The van der Waals surface area contributed by atoms with Gasteiger partial charge in [-0.3, -0.25) is 0 Å². The molecule has 2 aromatic rings. The van der Waals surface area contributed by atoms with Gasteiger partial charge in [0, 0.05) is 29.8 Å². The molecule has 0 radical (unpaired) electrons. The van der Waals surface area contributed by atoms with E-state index in [2.05, 4.69) is 55.4 Å². The van der Waals surface area contributed by atoms with Crippen LogP contribution in [0.5, 0.6) is 0 Å². The van der Waals surface area contributed by atoms with E-state index in [4.69, 9.17) is 20.9 Å². The third-order valence-corrected chi connectivity index (χ3v) is 11.4. The van der Waals surface area contributed by atoms with Gasteiger partial charge in [0.2, 0.25) is 0 Å². The van der Waals surface area contributed by atoms with Crippen molar-refractivity contribution >= 4 is 24.6 Å². The molecular formula is C27H39N2O2P. The minimum Gasteiger partial charge on any atom is -0.398 e. The van der Waals surface area contributed by atoms with E-state index in [1.807, 2.05) is 18.2 Å². The second-order valence-corrected chi connectivity index (χ2v) is 14.5. The lowest BCUT2D eigenvalue weighted by molar-refractivity contribution is -0.178. The van der Waals surface area contributed by atoms with E-state index in [0.717, 1.165) is 29.8 Å². The van der Waals surface area contributed by atoms with E-state index in [9.17, 15) is 0 Å². The first-order chi connectivity index (χ1) is 14.8. The molecule has 0 atom stereocenters. The third-order valence-electron chi connectivity index (χ3n) is 7.69. The quantitative estimate of drug-likeness (QED) is 0.434. The Kier molecular flexibility index (Phi) is 5.68. The van der Waals surface area contributed by atoms with Gasteiger partial charge in [-0.2, -0.15) is 0 Å². The number of benzene rings is 2. The van der Waals surface area contributed by atoms with E-state index < -0.39 is 13.7 Å². The van der Waals surface area contributed by atoms with Gasteiger partial charge in [-0.15, -0.1) is 0 Å². The summed E-state index contributed by atoms with van der Waals surface area (Å²) in [7, 11) is -0.601. The molecule has 32 heavy (non-hydrogen) atoms. The van der Waals surface area contributed by atoms with Crippen molar-refractivity contribution in [1.29, 1.82) is 0 Å². The Labute approximate surface area is 194 Å². The first kappa shape index (κ1) is 23.5. The molecule has 5 heteroatoms. The van der Waals surface area contributed by atoms with Gasteiger partial charge in [0.25, 0.3) is 0 Å². The Morgan fingerprint density at radius 1 is 0.719 bits per heavy atom. The normalized spacial score (nSPS) is 21.9. The molecule has 2 aromatic carbocycles. The van der Waals surface area contributed by atoms with Crippen LogP contribution in [0.1, 0.15) is 62.8 Å². The molecule has 4 rings (SSSR count). The predicted octanol–water partition coefficient (Wildman–Crippen LogP) is 5.95. The van der Waals surface area contributed by atoms with Crippen LogP contribution in [0.15, 0.2) is 18.2 Å². The molecule has 2 heterocycles. The lowest BCUT2D eigenvalue weighted by Gasteiger charge is -2.56.